The third-order valence-corrected chi connectivity index (χ3v) is 5.00. The van der Waals surface area contributed by atoms with Gasteiger partial charge >= 0.3 is 0 Å². The van der Waals surface area contributed by atoms with E-state index in [-0.39, 0.29) is 18.2 Å². The number of hydrogen-bond acceptors (Lipinski definition) is 1. The molecule has 1 unspecified atom stereocenters. The van der Waals surface area contributed by atoms with Crippen molar-refractivity contribution in [3.05, 3.63) is 60.7 Å². The van der Waals surface area contributed by atoms with Gasteiger partial charge in [0.15, 0.2) is 0 Å². The van der Waals surface area contributed by atoms with Crippen LogP contribution in [0.15, 0.2) is 60.7 Å². The average Bonchev–Trinajstić information content (AvgIpc) is 2.31. The molecule has 0 saturated heterocycles. The normalized spacial score (nSPS) is 11.9. The maximum atomic E-state index is 6.13. The standard InChI is InChI=1S/C14H16NP.ClH/c1-12(15)16(13-8-4-2-5-9-13)14-10-6-3-7-11-14;/h2-12H,15H2,1H3;1H. The van der Waals surface area contributed by atoms with E-state index in [1.807, 2.05) is 12.1 Å². The van der Waals surface area contributed by atoms with Crippen molar-refractivity contribution in [3.8, 4) is 0 Å². The number of halogens is 1. The summed E-state index contributed by atoms with van der Waals surface area (Å²) < 4.78 is 0. The van der Waals surface area contributed by atoms with E-state index in [1.54, 1.807) is 0 Å². The molecule has 0 spiro atoms. The van der Waals surface area contributed by atoms with E-state index in [2.05, 4.69) is 55.5 Å². The van der Waals surface area contributed by atoms with E-state index in [0.717, 1.165) is 0 Å². The van der Waals surface area contributed by atoms with E-state index >= 15 is 0 Å². The highest BCUT2D eigenvalue weighted by Gasteiger charge is 2.16. The molecule has 3 heteroatoms. The van der Waals surface area contributed by atoms with Crippen molar-refractivity contribution < 1.29 is 0 Å². The van der Waals surface area contributed by atoms with Gasteiger partial charge in [0.1, 0.15) is 0 Å². The zero-order valence-corrected chi connectivity index (χ0v) is 11.5. The summed E-state index contributed by atoms with van der Waals surface area (Å²) in [5.74, 6) is 0.180. The topological polar surface area (TPSA) is 26.0 Å². The van der Waals surface area contributed by atoms with Crippen molar-refractivity contribution in [1.29, 1.82) is 0 Å². The van der Waals surface area contributed by atoms with E-state index in [0.29, 0.717) is 0 Å². The summed E-state index contributed by atoms with van der Waals surface area (Å²) in [7, 11) is -0.432. The van der Waals surface area contributed by atoms with Crippen LogP contribution in [0.5, 0.6) is 0 Å². The third kappa shape index (κ3) is 3.54. The molecule has 17 heavy (non-hydrogen) atoms. The molecule has 0 aromatic heterocycles. The fourth-order valence-corrected chi connectivity index (χ4v) is 4.02. The first-order valence-corrected chi connectivity index (χ1v) is 6.85. The minimum Gasteiger partial charge on any atom is -0.324 e. The molecule has 1 atom stereocenters. The van der Waals surface area contributed by atoms with Gasteiger partial charge in [-0.15, -0.1) is 12.4 Å². The van der Waals surface area contributed by atoms with Gasteiger partial charge in [-0.05, 0) is 25.5 Å². The van der Waals surface area contributed by atoms with Crippen LogP contribution >= 0.6 is 20.3 Å². The Kier molecular flexibility index (Phi) is 5.64. The van der Waals surface area contributed by atoms with Crippen LogP contribution in [0.25, 0.3) is 0 Å². The lowest BCUT2D eigenvalue weighted by Gasteiger charge is -2.22. The van der Waals surface area contributed by atoms with Crippen molar-refractivity contribution in [2.45, 2.75) is 12.7 Å². The van der Waals surface area contributed by atoms with Gasteiger partial charge in [-0.2, -0.15) is 0 Å². The van der Waals surface area contributed by atoms with Crippen molar-refractivity contribution in [3.63, 3.8) is 0 Å². The molecule has 1 nitrogen and oxygen atoms in total. The van der Waals surface area contributed by atoms with Gasteiger partial charge in [0.2, 0.25) is 0 Å². The Morgan fingerprint density at radius 1 is 0.824 bits per heavy atom. The second-order valence-corrected chi connectivity index (χ2v) is 6.37. The van der Waals surface area contributed by atoms with Crippen LogP contribution in [0.4, 0.5) is 0 Å². The maximum Gasteiger partial charge on any atom is 0.0296 e. The molecule has 0 bridgehead atoms. The summed E-state index contributed by atoms with van der Waals surface area (Å²) >= 11 is 0. The first-order valence-electron chi connectivity index (χ1n) is 5.44. The molecule has 0 fully saturated rings. The lowest BCUT2D eigenvalue weighted by Crippen LogP contribution is -2.25. The highest BCUT2D eigenvalue weighted by molar-refractivity contribution is 7.73. The molecule has 2 rings (SSSR count). The van der Waals surface area contributed by atoms with Crippen molar-refractivity contribution in [2.75, 3.05) is 0 Å². The van der Waals surface area contributed by atoms with E-state index in [4.69, 9.17) is 5.73 Å². The van der Waals surface area contributed by atoms with Crippen LogP contribution in [-0.4, -0.2) is 5.78 Å². The minimum atomic E-state index is -0.432. The maximum absolute atomic E-state index is 6.13. The molecule has 0 aliphatic carbocycles. The first kappa shape index (κ1) is 14.2. The molecule has 0 heterocycles. The van der Waals surface area contributed by atoms with Gasteiger partial charge in [0.25, 0.3) is 0 Å². The summed E-state index contributed by atoms with van der Waals surface area (Å²) in [5.41, 5.74) is 6.13. The van der Waals surface area contributed by atoms with Gasteiger partial charge in [-0.1, -0.05) is 60.7 Å². The predicted molar refractivity (Wildman–Crippen MR) is 80.0 cm³/mol. The lowest BCUT2D eigenvalue weighted by molar-refractivity contribution is 1.04. The molecule has 0 aliphatic rings. The van der Waals surface area contributed by atoms with Crippen LogP contribution in [0.2, 0.25) is 0 Å². The molecule has 0 amide bonds. The molecule has 2 aromatic carbocycles. The lowest BCUT2D eigenvalue weighted by atomic mass is 10.4. The van der Waals surface area contributed by atoms with Gasteiger partial charge in [-0.25, -0.2) is 0 Å². The summed E-state index contributed by atoms with van der Waals surface area (Å²) in [5, 5.41) is 2.69. The zero-order chi connectivity index (χ0) is 11.4. The fraction of sp³-hybridized carbons (Fsp3) is 0.143. The van der Waals surface area contributed by atoms with Crippen LogP contribution in [-0.2, 0) is 0 Å². The fourth-order valence-electron chi connectivity index (χ4n) is 1.80. The Labute approximate surface area is 110 Å². The summed E-state index contributed by atoms with van der Waals surface area (Å²) in [6, 6.07) is 21.1. The molecule has 0 saturated carbocycles. The summed E-state index contributed by atoms with van der Waals surface area (Å²) in [6.45, 7) is 2.09. The Bertz CT molecular complexity index is 391. The quantitative estimate of drug-likeness (QED) is 0.849. The Morgan fingerprint density at radius 3 is 1.47 bits per heavy atom. The van der Waals surface area contributed by atoms with E-state index in [1.165, 1.54) is 10.6 Å². The van der Waals surface area contributed by atoms with Gasteiger partial charge in [0, 0.05) is 5.78 Å². The SMILES string of the molecule is CC(N)P(c1ccccc1)c1ccccc1.Cl. The molecule has 0 aliphatic heterocycles. The molecule has 90 valence electrons. The highest BCUT2D eigenvalue weighted by atomic mass is 35.5. The summed E-state index contributed by atoms with van der Waals surface area (Å²) in [4.78, 5) is 0. The third-order valence-electron chi connectivity index (χ3n) is 2.48. The van der Waals surface area contributed by atoms with Gasteiger partial charge in [-0.3, -0.25) is 0 Å². The van der Waals surface area contributed by atoms with Crippen LogP contribution in [0, 0.1) is 0 Å². The Hall–Kier alpha value is -0.880. The molecule has 2 aromatic rings. The number of hydrogen-bond donors (Lipinski definition) is 1. The first-order chi connectivity index (χ1) is 7.79. The van der Waals surface area contributed by atoms with Crippen molar-refractivity contribution >= 4 is 30.9 Å². The largest absolute Gasteiger partial charge is 0.324 e. The zero-order valence-electron chi connectivity index (χ0n) is 9.78. The van der Waals surface area contributed by atoms with Crippen molar-refractivity contribution in [2.24, 2.45) is 5.73 Å². The summed E-state index contributed by atoms with van der Waals surface area (Å²) in [6.07, 6.45) is 0. The predicted octanol–water partition coefficient (Wildman–Crippen LogP) is 2.85. The average molecular weight is 266 g/mol. The van der Waals surface area contributed by atoms with E-state index in [9.17, 15) is 0 Å². The second-order valence-electron chi connectivity index (χ2n) is 3.78. The smallest absolute Gasteiger partial charge is 0.0296 e. The highest BCUT2D eigenvalue weighted by Crippen LogP contribution is 2.36. The number of benzene rings is 2. The molecule has 2 N–H and O–H groups in total. The monoisotopic (exact) mass is 265 g/mol. The van der Waals surface area contributed by atoms with Crippen LogP contribution in [0.3, 0.4) is 0 Å². The molecular formula is C14H17ClNP. The number of nitrogens with two attached hydrogens (primary N) is 1. The molecular weight excluding hydrogens is 249 g/mol. The van der Waals surface area contributed by atoms with Gasteiger partial charge in [0.05, 0.1) is 0 Å². The van der Waals surface area contributed by atoms with Crippen LogP contribution < -0.4 is 16.3 Å². The van der Waals surface area contributed by atoms with E-state index < -0.39 is 7.92 Å². The second kappa shape index (κ2) is 6.76. The Morgan fingerprint density at radius 2 is 1.18 bits per heavy atom. The Balaban J connectivity index is 0.00000144. The van der Waals surface area contributed by atoms with Gasteiger partial charge < -0.3 is 5.73 Å². The van der Waals surface area contributed by atoms with Crippen molar-refractivity contribution in [1.82, 2.24) is 0 Å². The minimum absolute atomic E-state index is 0. The molecule has 0 radical (unpaired) electrons. The van der Waals surface area contributed by atoms with Crippen LogP contribution in [0.1, 0.15) is 6.92 Å². The number of rotatable bonds is 3.